The molecule has 0 amide bonds. The third kappa shape index (κ3) is 3.30. The lowest BCUT2D eigenvalue weighted by atomic mass is 10.0. The van der Waals surface area contributed by atoms with Gasteiger partial charge in [0.1, 0.15) is 0 Å². The van der Waals surface area contributed by atoms with Gasteiger partial charge in [0.05, 0.1) is 5.69 Å². The van der Waals surface area contributed by atoms with E-state index in [1.54, 1.807) is 11.8 Å². The summed E-state index contributed by atoms with van der Waals surface area (Å²) in [4.78, 5) is 9.38. The van der Waals surface area contributed by atoms with Crippen LogP contribution in [0.4, 0.5) is 0 Å². The summed E-state index contributed by atoms with van der Waals surface area (Å²) >= 11 is 1.75. The number of pyridine rings is 1. The molecule has 0 aliphatic carbocycles. The molecule has 2 nitrogen and oxygen atoms in total. The zero-order chi connectivity index (χ0) is 13.8. The Bertz CT molecular complexity index is 590. The second-order valence-corrected chi connectivity index (χ2v) is 6.18. The van der Waals surface area contributed by atoms with Gasteiger partial charge in [-0.05, 0) is 43.3 Å². The van der Waals surface area contributed by atoms with E-state index in [2.05, 4.69) is 59.4 Å². The molecule has 0 unspecified atom stereocenters. The van der Waals surface area contributed by atoms with E-state index < -0.39 is 0 Å². The normalized spacial score (nSPS) is 15.9. The maximum atomic E-state index is 4.62. The van der Waals surface area contributed by atoms with E-state index in [1.165, 1.54) is 15.4 Å². The first-order valence-corrected chi connectivity index (χ1v) is 7.70. The molecule has 3 heteroatoms. The second-order valence-electron chi connectivity index (χ2n) is 5.04. The van der Waals surface area contributed by atoms with E-state index in [0.29, 0.717) is 0 Å². The van der Waals surface area contributed by atoms with Crippen LogP contribution in [0.15, 0.2) is 64.5 Å². The van der Waals surface area contributed by atoms with Gasteiger partial charge >= 0.3 is 0 Å². The van der Waals surface area contributed by atoms with Crippen molar-refractivity contribution < 1.29 is 0 Å². The van der Waals surface area contributed by atoms with E-state index >= 15 is 0 Å². The Morgan fingerprint density at radius 1 is 1.05 bits per heavy atom. The predicted octanol–water partition coefficient (Wildman–Crippen LogP) is 3.95. The number of benzene rings is 1. The lowest BCUT2D eigenvalue weighted by Crippen LogP contribution is -2.23. The van der Waals surface area contributed by atoms with Gasteiger partial charge in [0.15, 0.2) is 0 Å². The average Bonchev–Trinajstić information content (AvgIpc) is 2.50. The van der Waals surface area contributed by atoms with Gasteiger partial charge < -0.3 is 4.90 Å². The number of hydrogen-bond acceptors (Lipinski definition) is 3. The Morgan fingerprint density at radius 2 is 1.90 bits per heavy atom. The van der Waals surface area contributed by atoms with Gasteiger partial charge in [-0.2, -0.15) is 0 Å². The van der Waals surface area contributed by atoms with Gasteiger partial charge in [0.2, 0.25) is 0 Å². The van der Waals surface area contributed by atoms with Crippen LogP contribution in [0.5, 0.6) is 0 Å². The molecule has 20 heavy (non-hydrogen) atoms. The minimum Gasteiger partial charge on any atom is -0.302 e. The lowest BCUT2D eigenvalue weighted by Gasteiger charge is -2.21. The minimum absolute atomic E-state index is 1.03. The summed E-state index contributed by atoms with van der Waals surface area (Å²) in [5.41, 5.74) is 2.50. The first-order chi connectivity index (χ1) is 9.81. The number of likely N-dealkylation sites (N-methyl/N-ethyl adjacent to an activating group) is 1. The highest BCUT2D eigenvalue weighted by Gasteiger charge is 2.10. The van der Waals surface area contributed by atoms with Gasteiger partial charge in [-0.1, -0.05) is 36.0 Å². The standard InChI is InChI=1S/C17H18N2S/c1-19-11-9-14(10-12-19)17-8-7-16(13-18-17)20-15-5-3-2-4-6-15/h2-9,13H,10-12H2,1H3. The van der Waals surface area contributed by atoms with Gasteiger partial charge in [-0.25, -0.2) is 0 Å². The van der Waals surface area contributed by atoms with Crippen LogP contribution in [0.25, 0.3) is 5.57 Å². The fourth-order valence-electron chi connectivity index (χ4n) is 2.26. The van der Waals surface area contributed by atoms with Crippen molar-refractivity contribution in [1.29, 1.82) is 0 Å². The van der Waals surface area contributed by atoms with Gasteiger partial charge in [-0.15, -0.1) is 0 Å². The molecule has 0 saturated heterocycles. The molecule has 0 bridgehead atoms. The highest BCUT2D eigenvalue weighted by molar-refractivity contribution is 7.99. The molecule has 0 atom stereocenters. The summed E-state index contributed by atoms with van der Waals surface area (Å²) in [6.45, 7) is 2.14. The second kappa shape index (κ2) is 6.25. The van der Waals surface area contributed by atoms with E-state index in [9.17, 15) is 0 Å². The molecule has 1 aromatic heterocycles. The molecule has 0 radical (unpaired) electrons. The maximum Gasteiger partial charge on any atom is 0.0660 e. The third-order valence-corrected chi connectivity index (χ3v) is 4.44. The van der Waals surface area contributed by atoms with Crippen LogP contribution in [0.2, 0.25) is 0 Å². The molecule has 2 heterocycles. The van der Waals surface area contributed by atoms with Crippen LogP contribution in [0.3, 0.4) is 0 Å². The highest BCUT2D eigenvalue weighted by Crippen LogP contribution is 2.28. The number of hydrogen-bond donors (Lipinski definition) is 0. The summed E-state index contributed by atoms with van der Waals surface area (Å²) in [5.74, 6) is 0. The average molecular weight is 282 g/mol. The van der Waals surface area contributed by atoms with Crippen LogP contribution in [-0.4, -0.2) is 30.0 Å². The van der Waals surface area contributed by atoms with Gasteiger partial charge in [0, 0.05) is 29.1 Å². The fourth-order valence-corrected chi connectivity index (χ4v) is 3.07. The van der Waals surface area contributed by atoms with Crippen LogP contribution in [0, 0.1) is 0 Å². The molecule has 1 aliphatic heterocycles. The largest absolute Gasteiger partial charge is 0.302 e. The molecular formula is C17H18N2S. The van der Waals surface area contributed by atoms with Crippen molar-refractivity contribution in [2.75, 3.05) is 20.1 Å². The zero-order valence-corrected chi connectivity index (χ0v) is 12.4. The third-order valence-electron chi connectivity index (χ3n) is 3.46. The molecule has 3 rings (SSSR count). The van der Waals surface area contributed by atoms with Crippen LogP contribution >= 0.6 is 11.8 Å². The molecule has 1 aromatic carbocycles. The Morgan fingerprint density at radius 3 is 2.55 bits per heavy atom. The Kier molecular flexibility index (Phi) is 4.19. The van der Waals surface area contributed by atoms with Crippen molar-refractivity contribution in [3.05, 3.63) is 60.4 Å². The van der Waals surface area contributed by atoms with E-state index in [0.717, 1.165) is 25.2 Å². The summed E-state index contributed by atoms with van der Waals surface area (Å²) < 4.78 is 0. The summed E-state index contributed by atoms with van der Waals surface area (Å²) in [5, 5.41) is 0. The molecule has 0 saturated carbocycles. The first kappa shape index (κ1) is 13.4. The lowest BCUT2D eigenvalue weighted by molar-refractivity contribution is 0.369. The number of rotatable bonds is 3. The zero-order valence-electron chi connectivity index (χ0n) is 11.6. The van der Waals surface area contributed by atoms with Crippen LogP contribution in [-0.2, 0) is 0 Å². The van der Waals surface area contributed by atoms with Crippen molar-refractivity contribution in [3.63, 3.8) is 0 Å². The van der Waals surface area contributed by atoms with Crippen LogP contribution in [0.1, 0.15) is 12.1 Å². The Labute approximate surface area is 124 Å². The van der Waals surface area contributed by atoms with Crippen molar-refractivity contribution in [3.8, 4) is 0 Å². The van der Waals surface area contributed by atoms with Crippen molar-refractivity contribution in [2.45, 2.75) is 16.2 Å². The van der Waals surface area contributed by atoms with Gasteiger partial charge in [-0.3, -0.25) is 4.98 Å². The quantitative estimate of drug-likeness (QED) is 0.848. The fraction of sp³-hybridized carbons (Fsp3) is 0.235. The molecule has 0 N–H and O–H groups in total. The monoisotopic (exact) mass is 282 g/mol. The molecule has 2 aromatic rings. The molecular weight excluding hydrogens is 264 g/mol. The van der Waals surface area contributed by atoms with Crippen molar-refractivity contribution in [2.24, 2.45) is 0 Å². The first-order valence-electron chi connectivity index (χ1n) is 6.88. The molecule has 0 fully saturated rings. The van der Waals surface area contributed by atoms with Crippen molar-refractivity contribution in [1.82, 2.24) is 9.88 Å². The van der Waals surface area contributed by atoms with Crippen LogP contribution < -0.4 is 0 Å². The van der Waals surface area contributed by atoms with Crippen molar-refractivity contribution >= 4 is 17.3 Å². The number of aromatic nitrogens is 1. The number of nitrogens with zero attached hydrogens (tertiary/aromatic N) is 2. The topological polar surface area (TPSA) is 16.1 Å². The summed E-state index contributed by atoms with van der Waals surface area (Å²) in [7, 11) is 2.15. The smallest absolute Gasteiger partial charge is 0.0660 e. The van der Waals surface area contributed by atoms with E-state index in [-0.39, 0.29) is 0 Å². The summed E-state index contributed by atoms with van der Waals surface area (Å²) in [6.07, 6.45) is 5.36. The molecule has 102 valence electrons. The van der Waals surface area contributed by atoms with Gasteiger partial charge in [0.25, 0.3) is 0 Å². The highest BCUT2D eigenvalue weighted by atomic mass is 32.2. The maximum absolute atomic E-state index is 4.62. The minimum atomic E-state index is 1.03. The Balaban J connectivity index is 1.72. The predicted molar refractivity (Wildman–Crippen MR) is 84.9 cm³/mol. The summed E-state index contributed by atoms with van der Waals surface area (Å²) in [6, 6.07) is 14.7. The molecule has 0 spiro atoms. The SMILES string of the molecule is CN1CC=C(c2ccc(Sc3ccccc3)cn2)CC1. The Hall–Kier alpha value is -1.58. The van der Waals surface area contributed by atoms with E-state index in [1.807, 2.05) is 12.3 Å². The van der Waals surface area contributed by atoms with E-state index in [4.69, 9.17) is 0 Å². The molecule has 1 aliphatic rings.